The summed E-state index contributed by atoms with van der Waals surface area (Å²) in [5, 5.41) is 11.5. The molecule has 1 unspecified atom stereocenters. The van der Waals surface area contributed by atoms with Gasteiger partial charge in [-0.1, -0.05) is 45.0 Å². The minimum absolute atomic E-state index is 0.108. The molecule has 1 aliphatic rings. The van der Waals surface area contributed by atoms with Crippen molar-refractivity contribution in [2.75, 3.05) is 46.2 Å². The van der Waals surface area contributed by atoms with Crippen molar-refractivity contribution in [3.05, 3.63) is 70.3 Å². The summed E-state index contributed by atoms with van der Waals surface area (Å²) in [5.41, 5.74) is 4.37. The average Bonchev–Trinajstić information content (AvgIpc) is 3.03. The summed E-state index contributed by atoms with van der Waals surface area (Å²) >= 11 is 0. The molecule has 0 saturated carbocycles. The molecule has 1 atom stereocenters. The number of hydrogen-bond donors (Lipinski definition) is 1. The number of hydrogen-bond acceptors (Lipinski definition) is 5. The van der Waals surface area contributed by atoms with Crippen LogP contribution in [0, 0.1) is 6.92 Å². The summed E-state index contributed by atoms with van der Waals surface area (Å²) in [6.07, 6.45) is 0.727. The first-order chi connectivity index (χ1) is 16.3. The maximum absolute atomic E-state index is 13.4. The number of Topliss-reactive ketones (excluding diaryl/α,β-unsaturated/α-hetero) is 1. The van der Waals surface area contributed by atoms with E-state index in [4.69, 9.17) is 0 Å². The first-order valence-electron chi connectivity index (χ1n) is 12.1. The van der Waals surface area contributed by atoms with Gasteiger partial charge in [0.2, 0.25) is 0 Å². The van der Waals surface area contributed by atoms with Crippen molar-refractivity contribution in [1.29, 1.82) is 0 Å². The Morgan fingerprint density at radius 1 is 1.00 bits per heavy atom. The lowest BCUT2D eigenvalue weighted by Gasteiger charge is -2.27. The fourth-order valence-electron chi connectivity index (χ4n) is 4.46. The van der Waals surface area contributed by atoms with Gasteiger partial charge in [0, 0.05) is 31.9 Å². The van der Waals surface area contributed by atoms with Crippen molar-refractivity contribution >= 4 is 23.1 Å². The zero-order valence-electron chi connectivity index (χ0n) is 22.3. The number of carbonyl (C=O) groups excluding carboxylic acids is 2. The van der Waals surface area contributed by atoms with Gasteiger partial charge >= 0.3 is 0 Å². The molecule has 188 valence electrons. The molecule has 6 nitrogen and oxygen atoms in total. The fourth-order valence-corrected chi connectivity index (χ4v) is 4.46. The van der Waals surface area contributed by atoms with Crippen molar-refractivity contribution in [2.24, 2.45) is 0 Å². The molecule has 2 aromatic carbocycles. The monoisotopic (exact) mass is 477 g/mol. The minimum atomic E-state index is -0.633. The van der Waals surface area contributed by atoms with Gasteiger partial charge in [0.25, 0.3) is 11.7 Å². The molecule has 1 N–H and O–H groups in total. The summed E-state index contributed by atoms with van der Waals surface area (Å²) in [6, 6.07) is 13.1. The molecule has 6 heteroatoms. The van der Waals surface area contributed by atoms with E-state index in [0.717, 1.165) is 35.3 Å². The number of rotatable bonds is 7. The summed E-state index contributed by atoms with van der Waals surface area (Å²) in [4.78, 5) is 32.2. The molecule has 0 aliphatic carbocycles. The number of aliphatic hydroxyl groups is 1. The molecule has 35 heavy (non-hydrogen) atoms. The third-order valence-corrected chi connectivity index (χ3v) is 6.63. The number of aliphatic hydroxyl groups excluding tert-OH is 1. The summed E-state index contributed by atoms with van der Waals surface area (Å²) in [7, 11) is 7.90. The van der Waals surface area contributed by atoms with Gasteiger partial charge in [-0.05, 0) is 74.3 Å². The molecule has 3 rings (SSSR count). The molecule has 1 aliphatic heterocycles. The Labute approximate surface area is 209 Å². The van der Waals surface area contributed by atoms with Gasteiger partial charge in [-0.15, -0.1) is 0 Å². The van der Waals surface area contributed by atoms with E-state index in [1.165, 1.54) is 0 Å². The Morgan fingerprint density at radius 2 is 1.63 bits per heavy atom. The highest BCUT2D eigenvalue weighted by Gasteiger charge is 2.46. The van der Waals surface area contributed by atoms with E-state index < -0.39 is 17.7 Å². The van der Waals surface area contributed by atoms with Gasteiger partial charge < -0.3 is 19.8 Å². The van der Waals surface area contributed by atoms with E-state index in [1.54, 1.807) is 4.90 Å². The molecule has 0 radical (unpaired) electrons. The van der Waals surface area contributed by atoms with E-state index in [0.29, 0.717) is 12.1 Å². The molecule has 1 heterocycles. The van der Waals surface area contributed by atoms with Crippen LogP contribution in [0.4, 0.5) is 5.69 Å². The van der Waals surface area contributed by atoms with E-state index in [1.807, 2.05) is 82.5 Å². The standard InChI is InChI=1S/C29H39N3O3/c1-19-10-13-21(29(2,3)4)18-23(19)26(33)24-25(20-11-14-22(15-12-20)31(7)8)32(28(35)27(24)34)17-9-16-30(5)6/h10-15,18,25,33H,9,16-17H2,1-8H3/b26-24+. The van der Waals surface area contributed by atoms with Crippen LogP contribution in [0.5, 0.6) is 0 Å². The smallest absolute Gasteiger partial charge is 0.295 e. The Kier molecular flexibility index (Phi) is 7.75. The lowest BCUT2D eigenvalue weighted by atomic mass is 9.84. The Bertz CT molecular complexity index is 1120. The van der Waals surface area contributed by atoms with E-state index in [9.17, 15) is 14.7 Å². The second-order valence-electron chi connectivity index (χ2n) is 10.9. The normalized spacial score (nSPS) is 18.0. The number of likely N-dealkylation sites (tertiary alicyclic amines) is 1. The van der Waals surface area contributed by atoms with Gasteiger partial charge in [-0.25, -0.2) is 0 Å². The molecule has 2 aromatic rings. The quantitative estimate of drug-likeness (QED) is 0.355. The Balaban J connectivity index is 2.17. The SMILES string of the molecule is Cc1ccc(C(C)(C)C)cc1/C(O)=C1\C(=O)C(=O)N(CCCN(C)C)C1c1ccc(N(C)C)cc1. The second kappa shape index (κ2) is 10.2. The van der Waals surface area contributed by atoms with Crippen molar-refractivity contribution in [3.63, 3.8) is 0 Å². The van der Waals surface area contributed by atoms with Crippen LogP contribution in [0.15, 0.2) is 48.0 Å². The van der Waals surface area contributed by atoms with E-state index in [-0.39, 0.29) is 16.7 Å². The zero-order valence-corrected chi connectivity index (χ0v) is 22.3. The maximum atomic E-state index is 13.4. The predicted molar refractivity (Wildman–Crippen MR) is 143 cm³/mol. The zero-order chi connectivity index (χ0) is 26.1. The average molecular weight is 478 g/mol. The highest BCUT2D eigenvalue weighted by atomic mass is 16.3. The molecular weight excluding hydrogens is 438 g/mol. The first kappa shape index (κ1) is 26.5. The minimum Gasteiger partial charge on any atom is -0.507 e. The molecule has 1 amide bonds. The lowest BCUT2D eigenvalue weighted by Crippen LogP contribution is -2.32. The maximum Gasteiger partial charge on any atom is 0.295 e. The van der Waals surface area contributed by atoms with Crippen LogP contribution in [0.25, 0.3) is 5.76 Å². The summed E-state index contributed by atoms with van der Waals surface area (Å²) in [5.74, 6) is -1.30. The number of anilines is 1. The van der Waals surface area contributed by atoms with Crippen LogP contribution < -0.4 is 4.90 Å². The van der Waals surface area contributed by atoms with Crippen LogP contribution in [0.2, 0.25) is 0 Å². The predicted octanol–water partition coefficient (Wildman–Crippen LogP) is 4.73. The van der Waals surface area contributed by atoms with Crippen molar-refractivity contribution in [3.8, 4) is 0 Å². The molecule has 1 fully saturated rings. The molecule has 0 aromatic heterocycles. The Hall–Kier alpha value is -3.12. The topological polar surface area (TPSA) is 64.1 Å². The van der Waals surface area contributed by atoms with Gasteiger partial charge in [0.1, 0.15) is 5.76 Å². The van der Waals surface area contributed by atoms with Gasteiger partial charge in [0.15, 0.2) is 0 Å². The highest BCUT2D eigenvalue weighted by Crippen LogP contribution is 2.41. The molecule has 0 spiro atoms. The van der Waals surface area contributed by atoms with Crippen LogP contribution in [-0.2, 0) is 15.0 Å². The fraction of sp³-hybridized carbons (Fsp3) is 0.448. The van der Waals surface area contributed by atoms with Gasteiger partial charge in [-0.2, -0.15) is 0 Å². The van der Waals surface area contributed by atoms with Crippen LogP contribution >= 0.6 is 0 Å². The van der Waals surface area contributed by atoms with E-state index in [2.05, 4.69) is 25.7 Å². The van der Waals surface area contributed by atoms with Crippen LogP contribution in [-0.4, -0.2) is 67.9 Å². The number of ketones is 1. The number of amides is 1. The van der Waals surface area contributed by atoms with Gasteiger partial charge in [-0.3, -0.25) is 9.59 Å². The molecule has 0 bridgehead atoms. The molecular formula is C29H39N3O3. The van der Waals surface area contributed by atoms with Gasteiger partial charge in [0.05, 0.1) is 11.6 Å². The van der Waals surface area contributed by atoms with Crippen LogP contribution in [0.1, 0.15) is 55.5 Å². The number of carbonyl (C=O) groups is 2. The number of benzene rings is 2. The van der Waals surface area contributed by atoms with Crippen molar-refractivity contribution < 1.29 is 14.7 Å². The number of nitrogens with zero attached hydrogens (tertiary/aromatic N) is 3. The molecule has 1 saturated heterocycles. The largest absolute Gasteiger partial charge is 0.507 e. The van der Waals surface area contributed by atoms with Crippen molar-refractivity contribution in [1.82, 2.24) is 9.80 Å². The summed E-state index contributed by atoms with van der Waals surface area (Å²) < 4.78 is 0. The van der Waals surface area contributed by atoms with E-state index >= 15 is 0 Å². The third kappa shape index (κ3) is 5.59. The Morgan fingerprint density at radius 3 is 2.17 bits per heavy atom. The van der Waals surface area contributed by atoms with Crippen molar-refractivity contribution in [2.45, 2.75) is 45.6 Å². The summed E-state index contributed by atoms with van der Waals surface area (Å²) in [6.45, 7) is 9.46. The highest BCUT2D eigenvalue weighted by molar-refractivity contribution is 6.46. The second-order valence-corrected chi connectivity index (χ2v) is 10.9. The lowest BCUT2D eigenvalue weighted by molar-refractivity contribution is -0.139. The van der Waals surface area contributed by atoms with Crippen LogP contribution in [0.3, 0.4) is 0 Å². The first-order valence-corrected chi connectivity index (χ1v) is 12.1. The number of aryl methyl sites for hydroxylation is 1. The third-order valence-electron chi connectivity index (χ3n) is 6.63.